The fourth-order valence-corrected chi connectivity index (χ4v) is 3.90. The van der Waals surface area contributed by atoms with Crippen LogP contribution in [0, 0.1) is 12.7 Å². The SMILES string of the molecule is CSc1nnc(SCc2nc(-c3ccc(C)c(F)c3)no2)s1. The van der Waals surface area contributed by atoms with Crippen molar-refractivity contribution in [3.05, 3.63) is 35.5 Å². The van der Waals surface area contributed by atoms with Gasteiger partial charge >= 0.3 is 0 Å². The van der Waals surface area contributed by atoms with E-state index in [1.165, 1.54) is 29.2 Å². The van der Waals surface area contributed by atoms with Gasteiger partial charge in [0.25, 0.3) is 0 Å². The smallest absolute Gasteiger partial charge is 0.237 e. The van der Waals surface area contributed by atoms with E-state index in [1.807, 2.05) is 6.26 Å². The average molecular weight is 354 g/mol. The van der Waals surface area contributed by atoms with E-state index < -0.39 is 0 Å². The van der Waals surface area contributed by atoms with Crippen LogP contribution in [-0.4, -0.2) is 26.6 Å². The van der Waals surface area contributed by atoms with Gasteiger partial charge < -0.3 is 4.52 Å². The molecule has 114 valence electrons. The molecule has 0 aliphatic rings. The number of halogens is 1. The molecule has 0 unspecified atom stereocenters. The van der Waals surface area contributed by atoms with Crippen molar-refractivity contribution in [3.63, 3.8) is 0 Å². The summed E-state index contributed by atoms with van der Waals surface area (Å²) in [5.41, 5.74) is 1.19. The molecule has 0 amide bonds. The first-order valence-corrected chi connectivity index (χ1v) is 9.28. The van der Waals surface area contributed by atoms with Crippen LogP contribution in [0.15, 0.2) is 31.4 Å². The molecule has 3 rings (SSSR count). The van der Waals surface area contributed by atoms with Gasteiger partial charge in [-0.2, -0.15) is 4.98 Å². The monoisotopic (exact) mass is 354 g/mol. The second-order valence-corrected chi connectivity index (χ2v) is 7.56. The first-order chi connectivity index (χ1) is 10.7. The summed E-state index contributed by atoms with van der Waals surface area (Å²) in [6.45, 7) is 1.71. The van der Waals surface area contributed by atoms with E-state index in [-0.39, 0.29) is 5.82 Å². The third-order valence-electron chi connectivity index (χ3n) is 2.78. The van der Waals surface area contributed by atoms with Gasteiger partial charge in [-0.25, -0.2) is 4.39 Å². The molecule has 3 aromatic rings. The van der Waals surface area contributed by atoms with Gasteiger partial charge in [-0.1, -0.05) is 52.1 Å². The summed E-state index contributed by atoms with van der Waals surface area (Å²) in [6, 6.07) is 4.88. The van der Waals surface area contributed by atoms with E-state index in [0.29, 0.717) is 28.6 Å². The van der Waals surface area contributed by atoms with Gasteiger partial charge in [0.05, 0.1) is 5.75 Å². The van der Waals surface area contributed by atoms with Crippen molar-refractivity contribution in [2.45, 2.75) is 21.4 Å². The fraction of sp³-hybridized carbons (Fsp3) is 0.231. The van der Waals surface area contributed by atoms with Gasteiger partial charge in [0.2, 0.25) is 11.7 Å². The largest absolute Gasteiger partial charge is 0.338 e. The van der Waals surface area contributed by atoms with E-state index in [9.17, 15) is 4.39 Å². The quantitative estimate of drug-likeness (QED) is 0.640. The molecule has 9 heteroatoms. The summed E-state index contributed by atoms with van der Waals surface area (Å²) < 4.78 is 20.5. The topological polar surface area (TPSA) is 64.7 Å². The zero-order valence-corrected chi connectivity index (χ0v) is 14.2. The second kappa shape index (κ2) is 6.76. The van der Waals surface area contributed by atoms with Crippen molar-refractivity contribution >= 4 is 34.9 Å². The molecule has 0 spiro atoms. The van der Waals surface area contributed by atoms with E-state index >= 15 is 0 Å². The van der Waals surface area contributed by atoms with Gasteiger partial charge in [0.15, 0.2) is 8.68 Å². The first-order valence-electron chi connectivity index (χ1n) is 6.25. The standard InChI is InChI=1S/C13H11FN4OS3/c1-7-3-4-8(5-9(7)14)11-15-10(19-18-11)6-21-13-17-16-12(20-2)22-13/h3-5H,6H2,1-2H3. The van der Waals surface area contributed by atoms with Gasteiger partial charge in [-0.05, 0) is 24.8 Å². The lowest BCUT2D eigenvalue weighted by molar-refractivity contribution is 0.391. The van der Waals surface area contributed by atoms with Crippen molar-refractivity contribution < 1.29 is 8.91 Å². The molecule has 0 bridgehead atoms. The van der Waals surface area contributed by atoms with Crippen LogP contribution in [0.5, 0.6) is 0 Å². The third-order valence-corrected chi connectivity index (χ3v) is 5.80. The summed E-state index contributed by atoms with van der Waals surface area (Å²) in [4.78, 5) is 4.28. The summed E-state index contributed by atoms with van der Waals surface area (Å²) in [5, 5.41) is 12.0. The van der Waals surface area contributed by atoms with Crippen LogP contribution in [0.25, 0.3) is 11.4 Å². The fourth-order valence-electron chi connectivity index (χ4n) is 1.62. The van der Waals surface area contributed by atoms with Gasteiger partial charge in [-0.3, -0.25) is 0 Å². The highest BCUT2D eigenvalue weighted by molar-refractivity contribution is 8.02. The van der Waals surface area contributed by atoms with Gasteiger partial charge in [0.1, 0.15) is 5.82 Å². The summed E-state index contributed by atoms with van der Waals surface area (Å²) in [7, 11) is 0. The highest BCUT2D eigenvalue weighted by Gasteiger charge is 2.12. The highest BCUT2D eigenvalue weighted by Crippen LogP contribution is 2.29. The number of hydrogen-bond acceptors (Lipinski definition) is 8. The highest BCUT2D eigenvalue weighted by atomic mass is 32.2. The number of aromatic nitrogens is 4. The maximum atomic E-state index is 13.6. The van der Waals surface area contributed by atoms with Crippen LogP contribution in [0.4, 0.5) is 4.39 Å². The number of nitrogens with zero attached hydrogens (tertiary/aromatic N) is 4. The van der Waals surface area contributed by atoms with Crippen molar-refractivity contribution in [2.75, 3.05) is 6.26 Å². The zero-order chi connectivity index (χ0) is 15.5. The Bertz CT molecular complexity index is 789. The van der Waals surface area contributed by atoms with Gasteiger partial charge in [-0.15, -0.1) is 10.2 Å². The number of aryl methyl sites for hydroxylation is 1. The molecule has 0 saturated heterocycles. The lowest BCUT2D eigenvalue weighted by Crippen LogP contribution is -1.86. The molecular formula is C13H11FN4OS3. The molecule has 2 aromatic heterocycles. The molecule has 0 atom stereocenters. The Labute approximate surface area is 138 Å². The van der Waals surface area contributed by atoms with Crippen LogP contribution in [0.3, 0.4) is 0 Å². The lowest BCUT2D eigenvalue weighted by Gasteiger charge is -1.97. The van der Waals surface area contributed by atoms with Crippen molar-refractivity contribution in [3.8, 4) is 11.4 Å². The molecule has 2 heterocycles. The van der Waals surface area contributed by atoms with Crippen LogP contribution in [0.2, 0.25) is 0 Å². The van der Waals surface area contributed by atoms with Crippen molar-refractivity contribution in [1.82, 2.24) is 20.3 Å². The Morgan fingerprint density at radius 2 is 2.09 bits per heavy atom. The second-order valence-electron chi connectivity index (χ2n) is 4.30. The predicted octanol–water partition coefficient (Wildman–Crippen LogP) is 4.05. The normalized spacial score (nSPS) is 11.0. The molecule has 0 fully saturated rings. The Morgan fingerprint density at radius 3 is 2.82 bits per heavy atom. The van der Waals surface area contributed by atoms with Gasteiger partial charge in [0, 0.05) is 5.56 Å². The van der Waals surface area contributed by atoms with E-state index in [1.54, 1.807) is 30.8 Å². The Kier molecular flexibility index (Phi) is 4.74. The summed E-state index contributed by atoms with van der Waals surface area (Å²) in [5.74, 6) is 1.08. The maximum absolute atomic E-state index is 13.6. The molecule has 1 aromatic carbocycles. The minimum absolute atomic E-state index is 0.281. The minimum Gasteiger partial charge on any atom is -0.338 e. The van der Waals surface area contributed by atoms with E-state index in [2.05, 4.69) is 20.3 Å². The molecular weight excluding hydrogens is 343 g/mol. The minimum atomic E-state index is -0.281. The van der Waals surface area contributed by atoms with E-state index in [4.69, 9.17) is 4.52 Å². The van der Waals surface area contributed by atoms with Crippen molar-refractivity contribution in [1.29, 1.82) is 0 Å². The molecule has 0 aliphatic heterocycles. The molecule has 0 saturated carbocycles. The van der Waals surface area contributed by atoms with Crippen molar-refractivity contribution in [2.24, 2.45) is 0 Å². The van der Waals surface area contributed by atoms with Crippen LogP contribution >= 0.6 is 34.9 Å². The molecule has 5 nitrogen and oxygen atoms in total. The number of hydrogen-bond donors (Lipinski definition) is 0. The summed E-state index contributed by atoms with van der Waals surface area (Å²) >= 11 is 4.57. The lowest BCUT2D eigenvalue weighted by atomic mass is 10.1. The van der Waals surface area contributed by atoms with Crippen LogP contribution in [-0.2, 0) is 5.75 Å². The van der Waals surface area contributed by atoms with E-state index in [0.717, 1.165) is 8.68 Å². The summed E-state index contributed by atoms with van der Waals surface area (Å²) in [6.07, 6.45) is 1.96. The maximum Gasteiger partial charge on any atom is 0.237 e. The molecule has 0 aliphatic carbocycles. The Balaban J connectivity index is 1.69. The Hall–Kier alpha value is -1.45. The Morgan fingerprint density at radius 1 is 1.27 bits per heavy atom. The third kappa shape index (κ3) is 3.47. The van der Waals surface area contributed by atoms with Crippen LogP contribution in [0.1, 0.15) is 11.5 Å². The zero-order valence-electron chi connectivity index (χ0n) is 11.7. The average Bonchev–Trinajstić information content (AvgIpc) is 3.16. The number of thioether (sulfide) groups is 2. The number of benzene rings is 1. The molecule has 22 heavy (non-hydrogen) atoms. The number of rotatable bonds is 5. The molecule has 0 radical (unpaired) electrons. The van der Waals surface area contributed by atoms with Crippen LogP contribution < -0.4 is 0 Å². The first kappa shape index (κ1) is 15.4. The molecule has 0 N–H and O–H groups in total. The predicted molar refractivity (Wildman–Crippen MR) is 85.7 cm³/mol.